The number of carbonyl (C=O) groups is 1. The predicted octanol–water partition coefficient (Wildman–Crippen LogP) is 3.63. The van der Waals surface area contributed by atoms with E-state index in [-0.39, 0.29) is 55.2 Å². The van der Waals surface area contributed by atoms with Crippen LogP contribution in [0.3, 0.4) is 0 Å². The Kier molecular flexibility index (Phi) is 10.3. The maximum absolute atomic E-state index is 13.2. The van der Waals surface area contributed by atoms with Gasteiger partial charge in [0.25, 0.3) is 5.91 Å². The van der Waals surface area contributed by atoms with E-state index in [1.807, 2.05) is 16.8 Å². The van der Waals surface area contributed by atoms with Crippen molar-refractivity contribution in [2.45, 2.75) is 30.1 Å². The highest BCUT2D eigenvalue weighted by Gasteiger charge is 2.30. The van der Waals surface area contributed by atoms with E-state index in [0.717, 1.165) is 15.4 Å². The molecule has 0 unspecified atom stereocenters. The van der Waals surface area contributed by atoms with Gasteiger partial charge in [-0.05, 0) is 70.4 Å². The molecule has 2 atom stereocenters. The van der Waals surface area contributed by atoms with Gasteiger partial charge in [-0.25, -0.2) is 12.8 Å². The molecule has 1 aromatic heterocycles. The lowest BCUT2D eigenvalue weighted by atomic mass is 9.95. The fourth-order valence-electron chi connectivity index (χ4n) is 4.15. The van der Waals surface area contributed by atoms with Gasteiger partial charge in [0.15, 0.2) is 5.76 Å². The summed E-state index contributed by atoms with van der Waals surface area (Å²) in [5, 5.41) is 16.2. The summed E-state index contributed by atoms with van der Waals surface area (Å²) in [6, 6.07) is 13.8. The molecule has 2 N–H and O–H groups in total. The number of hydrogen-bond acceptors (Lipinski definition) is 8. The van der Waals surface area contributed by atoms with Crippen molar-refractivity contribution in [2.75, 3.05) is 33.4 Å². The zero-order chi connectivity index (χ0) is 28.5. The van der Waals surface area contributed by atoms with E-state index in [0.29, 0.717) is 12.2 Å². The van der Waals surface area contributed by atoms with Gasteiger partial charge in [0, 0.05) is 32.0 Å². The molecule has 214 valence electrons. The van der Waals surface area contributed by atoms with E-state index in [1.165, 1.54) is 42.7 Å². The van der Waals surface area contributed by atoms with Gasteiger partial charge in [0.1, 0.15) is 11.6 Å². The number of methoxy groups -OCH3 is 1. The molecule has 0 fully saturated rings. The Bertz CT molecular complexity index is 1380. The SMILES string of the molecule is COc1ccc(S(=O)(=O)N(CCO)CCO[C@@H]2C[C@H](c3ccsc3)C=C(C(=O)NCc3ccc(F)cc3)O2)cc1. The van der Waals surface area contributed by atoms with E-state index in [4.69, 9.17) is 14.2 Å². The van der Waals surface area contributed by atoms with Gasteiger partial charge < -0.3 is 24.6 Å². The van der Waals surface area contributed by atoms with Crippen molar-refractivity contribution < 1.29 is 36.9 Å². The molecule has 1 amide bonds. The number of nitrogens with zero attached hydrogens (tertiary/aromatic N) is 1. The number of hydrogen-bond donors (Lipinski definition) is 2. The van der Waals surface area contributed by atoms with E-state index in [2.05, 4.69) is 5.32 Å². The Morgan fingerprint density at radius 3 is 2.55 bits per heavy atom. The smallest absolute Gasteiger partial charge is 0.286 e. The zero-order valence-electron chi connectivity index (χ0n) is 21.9. The molecule has 0 spiro atoms. The largest absolute Gasteiger partial charge is 0.497 e. The normalized spacial score (nSPS) is 17.2. The van der Waals surface area contributed by atoms with Gasteiger partial charge in [0.05, 0.1) is 25.2 Å². The summed E-state index contributed by atoms with van der Waals surface area (Å²) in [7, 11) is -2.41. The molecular weight excluding hydrogens is 559 g/mol. The van der Waals surface area contributed by atoms with Gasteiger partial charge in [-0.2, -0.15) is 15.6 Å². The van der Waals surface area contributed by atoms with Crippen molar-refractivity contribution >= 4 is 27.3 Å². The minimum absolute atomic E-state index is 0.0269. The number of sulfonamides is 1. The van der Waals surface area contributed by atoms with Gasteiger partial charge in [-0.15, -0.1) is 0 Å². The predicted molar refractivity (Wildman–Crippen MR) is 148 cm³/mol. The summed E-state index contributed by atoms with van der Waals surface area (Å²) >= 11 is 1.54. The summed E-state index contributed by atoms with van der Waals surface area (Å²) in [6.07, 6.45) is 1.37. The molecule has 0 saturated carbocycles. The Balaban J connectivity index is 1.40. The first-order valence-electron chi connectivity index (χ1n) is 12.6. The van der Waals surface area contributed by atoms with Crippen LogP contribution in [0.15, 0.2) is 82.1 Å². The Labute approximate surface area is 236 Å². The van der Waals surface area contributed by atoms with E-state index in [1.54, 1.807) is 30.3 Å². The highest BCUT2D eigenvalue weighted by atomic mass is 32.2. The van der Waals surface area contributed by atoms with Crippen LogP contribution >= 0.6 is 11.3 Å². The van der Waals surface area contributed by atoms with Crippen LogP contribution in [0.25, 0.3) is 0 Å². The van der Waals surface area contributed by atoms with Gasteiger partial charge in [0.2, 0.25) is 16.3 Å². The average Bonchev–Trinajstić information content (AvgIpc) is 3.51. The lowest BCUT2D eigenvalue weighted by Crippen LogP contribution is -2.38. The maximum Gasteiger partial charge on any atom is 0.286 e. The molecule has 1 aliphatic rings. The van der Waals surface area contributed by atoms with Crippen LogP contribution in [-0.2, 0) is 30.8 Å². The minimum Gasteiger partial charge on any atom is -0.497 e. The highest BCUT2D eigenvalue weighted by molar-refractivity contribution is 7.89. The van der Waals surface area contributed by atoms with Crippen molar-refractivity contribution in [1.82, 2.24) is 9.62 Å². The minimum atomic E-state index is -3.90. The summed E-state index contributed by atoms with van der Waals surface area (Å²) in [5.74, 6) is -0.333. The third-order valence-electron chi connectivity index (χ3n) is 6.31. The molecule has 9 nitrogen and oxygen atoms in total. The van der Waals surface area contributed by atoms with Crippen LogP contribution in [0.5, 0.6) is 5.75 Å². The third-order valence-corrected chi connectivity index (χ3v) is 8.92. The number of nitrogens with one attached hydrogen (secondary N) is 1. The van der Waals surface area contributed by atoms with Crippen molar-refractivity contribution in [3.63, 3.8) is 0 Å². The molecule has 0 bridgehead atoms. The first kappa shape index (κ1) is 29.7. The fraction of sp³-hybridized carbons (Fsp3) is 0.321. The second-order valence-corrected chi connectivity index (χ2v) is 11.7. The molecule has 4 rings (SSSR count). The Morgan fingerprint density at radius 2 is 1.90 bits per heavy atom. The lowest BCUT2D eigenvalue weighted by molar-refractivity contribution is -0.146. The van der Waals surface area contributed by atoms with Crippen LogP contribution in [0.4, 0.5) is 4.39 Å². The molecule has 0 aliphatic carbocycles. The number of aliphatic hydroxyl groups excluding tert-OH is 1. The molecule has 40 heavy (non-hydrogen) atoms. The molecule has 1 aliphatic heterocycles. The number of amides is 1. The number of halogens is 1. The van der Waals surface area contributed by atoms with Crippen LogP contribution < -0.4 is 10.1 Å². The lowest BCUT2D eigenvalue weighted by Gasteiger charge is -2.30. The van der Waals surface area contributed by atoms with Crippen LogP contribution in [-0.4, -0.2) is 63.4 Å². The molecule has 0 radical (unpaired) electrons. The number of rotatable bonds is 13. The second kappa shape index (κ2) is 13.9. The number of carbonyl (C=O) groups excluding carboxylic acids is 1. The molecule has 0 saturated heterocycles. The van der Waals surface area contributed by atoms with Crippen LogP contribution in [0, 0.1) is 5.82 Å². The quantitative estimate of drug-likeness (QED) is 0.313. The van der Waals surface area contributed by atoms with Crippen LogP contribution in [0.1, 0.15) is 23.5 Å². The third kappa shape index (κ3) is 7.67. The monoisotopic (exact) mass is 590 g/mol. The fourth-order valence-corrected chi connectivity index (χ4v) is 6.29. The zero-order valence-corrected chi connectivity index (χ0v) is 23.5. The Hall–Kier alpha value is -3.29. The summed E-state index contributed by atoms with van der Waals surface area (Å²) in [6.45, 7) is -0.350. The van der Waals surface area contributed by atoms with Gasteiger partial charge in [-0.3, -0.25) is 4.79 Å². The number of allylic oxidation sites excluding steroid dienone is 1. The number of aliphatic hydroxyl groups is 1. The second-order valence-electron chi connectivity index (χ2n) is 8.96. The summed E-state index contributed by atoms with van der Waals surface area (Å²) in [4.78, 5) is 13.0. The Morgan fingerprint density at radius 1 is 1.15 bits per heavy atom. The first-order valence-corrected chi connectivity index (χ1v) is 15.0. The van der Waals surface area contributed by atoms with Crippen molar-refractivity contribution in [2.24, 2.45) is 0 Å². The maximum atomic E-state index is 13.2. The summed E-state index contributed by atoms with van der Waals surface area (Å²) in [5.41, 5.74) is 1.74. The van der Waals surface area contributed by atoms with Crippen LogP contribution in [0.2, 0.25) is 0 Å². The molecule has 12 heteroatoms. The molecular formula is C28H31FN2O7S2. The molecule has 2 heterocycles. The van der Waals surface area contributed by atoms with E-state index < -0.39 is 22.2 Å². The first-order chi connectivity index (χ1) is 19.3. The van der Waals surface area contributed by atoms with Gasteiger partial charge >= 0.3 is 0 Å². The van der Waals surface area contributed by atoms with Gasteiger partial charge in [-0.1, -0.05) is 12.1 Å². The number of benzene rings is 2. The standard InChI is InChI=1S/C28H31FN2O7S2/c1-36-24-6-8-25(9-7-24)40(34,35)31(11-13-32)12-14-37-27-17-22(21-10-15-39-19-21)16-26(38-27)28(33)30-18-20-2-4-23(29)5-3-20/h2-10,15-16,19,22,27,32H,11-14,17-18H2,1H3,(H,30,33)/t22-,27+/m1/s1. The van der Waals surface area contributed by atoms with Crippen molar-refractivity contribution in [1.29, 1.82) is 0 Å². The van der Waals surface area contributed by atoms with E-state index in [9.17, 15) is 22.7 Å². The highest BCUT2D eigenvalue weighted by Crippen LogP contribution is 2.32. The van der Waals surface area contributed by atoms with E-state index >= 15 is 0 Å². The topological polar surface area (TPSA) is 114 Å². The molecule has 2 aromatic carbocycles. The average molecular weight is 591 g/mol. The summed E-state index contributed by atoms with van der Waals surface area (Å²) < 4.78 is 57.5. The number of ether oxygens (including phenoxy) is 3. The van der Waals surface area contributed by atoms with Crippen molar-refractivity contribution in [3.8, 4) is 5.75 Å². The molecule has 3 aromatic rings. The van der Waals surface area contributed by atoms with Crippen molar-refractivity contribution in [3.05, 3.63) is 94.1 Å². The number of thiophene rings is 1.